The highest BCUT2D eigenvalue weighted by Crippen LogP contribution is 2.24. The van der Waals surface area contributed by atoms with Gasteiger partial charge in [-0.25, -0.2) is 4.39 Å². The molecular weight excluding hydrogens is 504 g/mol. The Morgan fingerprint density at radius 1 is 1.33 bits per heavy atom. The Bertz CT molecular complexity index is 954. The van der Waals surface area contributed by atoms with Gasteiger partial charge in [-0.2, -0.15) is 10.2 Å². The summed E-state index contributed by atoms with van der Waals surface area (Å²) in [6.45, 7) is 2.38. The first-order valence-corrected chi connectivity index (χ1v) is 9.94. The van der Waals surface area contributed by atoms with E-state index in [1.807, 2.05) is 0 Å². The van der Waals surface area contributed by atoms with Crippen LogP contribution in [0.4, 0.5) is 10.2 Å². The van der Waals surface area contributed by atoms with E-state index in [0.717, 1.165) is 4.47 Å². The van der Waals surface area contributed by atoms with Crippen LogP contribution in [0.5, 0.6) is 0 Å². The molecular formula is C17H15Br2ClFN5O. The van der Waals surface area contributed by atoms with Gasteiger partial charge in [-0.3, -0.25) is 14.2 Å². The molecule has 6 nitrogen and oxygen atoms in total. The molecule has 2 aromatic heterocycles. The number of hydrogen-bond acceptors (Lipinski definition) is 3. The van der Waals surface area contributed by atoms with Gasteiger partial charge in [-0.05, 0) is 44.0 Å². The predicted octanol–water partition coefficient (Wildman–Crippen LogP) is 4.72. The van der Waals surface area contributed by atoms with Gasteiger partial charge in [0.25, 0.3) is 0 Å². The summed E-state index contributed by atoms with van der Waals surface area (Å²) in [6.07, 6.45) is 5.12. The fraction of sp³-hybridized carbons (Fsp3) is 0.235. The molecule has 1 aromatic carbocycles. The number of nitrogens with one attached hydrogen (secondary N) is 1. The zero-order chi connectivity index (χ0) is 19.6. The molecule has 0 aliphatic heterocycles. The summed E-state index contributed by atoms with van der Waals surface area (Å²) in [4.78, 5) is 12.4. The van der Waals surface area contributed by atoms with Crippen LogP contribution in [0.1, 0.15) is 12.5 Å². The van der Waals surface area contributed by atoms with E-state index in [1.165, 1.54) is 10.7 Å². The molecule has 1 atom stereocenters. The van der Waals surface area contributed by atoms with Gasteiger partial charge in [-0.15, -0.1) is 0 Å². The molecule has 2 heterocycles. The van der Waals surface area contributed by atoms with Crippen molar-refractivity contribution in [2.24, 2.45) is 5.92 Å². The fourth-order valence-corrected chi connectivity index (χ4v) is 3.42. The Morgan fingerprint density at radius 2 is 2.11 bits per heavy atom. The van der Waals surface area contributed by atoms with Crippen LogP contribution in [0, 0.1) is 11.7 Å². The molecule has 0 radical (unpaired) electrons. The summed E-state index contributed by atoms with van der Waals surface area (Å²) >= 11 is 12.7. The van der Waals surface area contributed by atoms with Crippen molar-refractivity contribution in [3.05, 3.63) is 62.1 Å². The highest BCUT2D eigenvalue weighted by molar-refractivity contribution is 9.10. The molecule has 0 spiro atoms. The van der Waals surface area contributed by atoms with E-state index in [9.17, 15) is 9.18 Å². The molecule has 10 heteroatoms. The highest BCUT2D eigenvalue weighted by atomic mass is 79.9. The quantitative estimate of drug-likeness (QED) is 0.513. The SMILES string of the molecule is CC(Cn1cc(Br)cn1)C(=O)Nc1nn(Cc2c(F)cccc2Cl)cc1Br. The van der Waals surface area contributed by atoms with Crippen molar-refractivity contribution in [1.29, 1.82) is 0 Å². The van der Waals surface area contributed by atoms with E-state index >= 15 is 0 Å². The first-order chi connectivity index (χ1) is 12.8. The second-order valence-electron chi connectivity index (χ2n) is 5.99. The maximum Gasteiger partial charge on any atom is 0.230 e. The van der Waals surface area contributed by atoms with Crippen LogP contribution in [-0.2, 0) is 17.9 Å². The second-order valence-corrected chi connectivity index (χ2v) is 8.17. The Balaban J connectivity index is 1.68. The summed E-state index contributed by atoms with van der Waals surface area (Å²) in [7, 11) is 0. The van der Waals surface area contributed by atoms with Crippen LogP contribution in [0.3, 0.4) is 0 Å². The molecule has 1 amide bonds. The number of hydrogen-bond donors (Lipinski definition) is 1. The van der Waals surface area contributed by atoms with E-state index in [-0.39, 0.29) is 18.4 Å². The number of carbonyl (C=O) groups excluding carboxylic acids is 1. The average molecular weight is 520 g/mol. The van der Waals surface area contributed by atoms with Crippen molar-refractivity contribution in [2.45, 2.75) is 20.0 Å². The van der Waals surface area contributed by atoms with Gasteiger partial charge < -0.3 is 5.32 Å². The number of halogens is 4. The highest BCUT2D eigenvalue weighted by Gasteiger charge is 2.18. The fourth-order valence-electron chi connectivity index (χ4n) is 2.45. The lowest BCUT2D eigenvalue weighted by Crippen LogP contribution is -2.25. The minimum atomic E-state index is -0.404. The molecule has 27 heavy (non-hydrogen) atoms. The topological polar surface area (TPSA) is 64.7 Å². The Morgan fingerprint density at radius 3 is 2.78 bits per heavy atom. The molecule has 1 N–H and O–H groups in total. The van der Waals surface area contributed by atoms with Crippen LogP contribution in [0.25, 0.3) is 0 Å². The van der Waals surface area contributed by atoms with E-state index in [2.05, 4.69) is 47.4 Å². The normalized spacial score (nSPS) is 12.2. The van der Waals surface area contributed by atoms with Crippen LogP contribution < -0.4 is 5.32 Å². The number of nitrogens with zero attached hydrogens (tertiary/aromatic N) is 4. The molecule has 3 rings (SSSR count). The number of benzene rings is 1. The van der Waals surface area contributed by atoms with Crippen LogP contribution >= 0.6 is 43.5 Å². The van der Waals surface area contributed by atoms with Crippen molar-refractivity contribution < 1.29 is 9.18 Å². The molecule has 0 saturated heterocycles. The lowest BCUT2D eigenvalue weighted by atomic mass is 10.1. The molecule has 3 aromatic rings. The monoisotopic (exact) mass is 517 g/mol. The summed E-state index contributed by atoms with van der Waals surface area (Å²) in [5.41, 5.74) is 0.338. The number of rotatable bonds is 6. The number of aromatic nitrogens is 4. The number of carbonyl (C=O) groups is 1. The molecule has 0 saturated carbocycles. The number of anilines is 1. The number of amides is 1. The third kappa shape index (κ3) is 4.97. The minimum absolute atomic E-state index is 0.150. The summed E-state index contributed by atoms with van der Waals surface area (Å²) in [6, 6.07) is 4.51. The van der Waals surface area contributed by atoms with E-state index in [0.29, 0.717) is 27.4 Å². The molecule has 0 aliphatic rings. The first kappa shape index (κ1) is 20.0. The van der Waals surface area contributed by atoms with Gasteiger partial charge in [0.15, 0.2) is 5.82 Å². The van der Waals surface area contributed by atoms with Gasteiger partial charge in [0.1, 0.15) is 5.82 Å². The van der Waals surface area contributed by atoms with Gasteiger partial charge in [0, 0.05) is 23.0 Å². The Hall–Kier alpha value is -1.71. The maximum atomic E-state index is 13.9. The van der Waals surface area contributed by atoms with E-state index < -0.39 is 5.82 Å². The van der Waals surface area contributed by atoms with Gasteiger partial charge in [0.2, 0.25) is 5.91 Å². The van der Waals surface area contributed by atoms with Crippen molar-refractivity contribution in [3.63, 3.8) is 0 Å². The lowest BCUT2D eigenvalue weighted by molar-refractivity contribution is -0.119. The summed E-state index contributed by atoms with van der Waals surface area (Å²) in [5, 5.41) is 11.5. The van der Waals surface area contributed by atoms with Crippen molar-refractivity contribution in [2.75, 3.05) is 5.32 Å². The van der Waals surface area contributed by atoms with E-state index in [1.54, 1.807) is 42.3 Å². The molecule has 0 fully saturated rings. The minimum Gasteiger partial charge on any atom is -0.308 e. The van der Waals surface area contributed by atoms with Crippen LogP contribution in [0.15, 0.2) is 45.7 Å². The average Bonchev–Trinajstić information content (AvgIpc) is 3.16. The molecule has 0 aliphatic carbocycles. The second kappa shape index (κ2) is 8.53. The summed E-state index contributed by atoms with van der Waals surface area (Å²) in [5.74, 6) is -0.564. The molecule has 142 valence electrons. The largest absolute Gasteiger partial charge is 0.308 e. The molecule has 0 bridgehead atoms. The van der Waals surface area contributed by atoms with Crippen molar-refractivity contribution >= 4 is 55.2 Å². The van der Waals surface area contributed by atoms with Gasteiger partial charge in [0.05, 0.1) is 34.1 Å². The third-order valence-corrected chi connectivity index (χ3v) is 5.19. The third-order valence-electron chi connectivity index (χ3n) is 3.85. The molecule has 1 unspecified atom stereocenters. The van der Waals surface area contributed by atoms with Gasteiger partial charge >= 0.3 is 0 Å². The first-order valence-electron chi connectivity index (χ1n) is 7.98. The lowest BCUT2D eigenvalue weighted by Gasteiger charge is -2.11. The van der Waals surface area contributed by atoms with E-state index in [4.69, 9.17) is 11.6 Å². The summed E-state index contributed by atoms with van der Waals surface area (Å²) < 4.78 is 18.6. The van der Waals surface area contributed by atoms with Crippen molar-refractivity contribution in [1.82, 2.24) is 19.6 Å². The smallest absolute Gasteiger partial charge is 0.230 e. The zero-order valence-corrected chi connectivity index (χ0v) is 18.1. The maximum absolute atomic E-state index is 13.9. The Kier molecular flexibility index (Phi) is 6.33. The predicted molar refractivity (Wildman–Crippen MR) is 108 cm³/mol. The zero-order valence-electron chi connectivity index (χ0n) is 14.2. The van der Waals surface area contributed by atoms with Crippen molar-refractivity contribution in [3.8, 4) is 0 Å². The van der Waals surface area contributed by atoms with Crippen LogP contribution in [-0.4, -0.2) is 25.5 Å². The Labute approximate surface area is 177 Å². The van der Waals surface area contributed by atoms with Crippen LogP contribution in [0.2, 0.25) is 5.02 Å². The van der Waals surface area contributed by atoms with Gasteiger partial charge in [-0.1, -0.05) is 24.6 Å². The standard InChI is InChI=1S/C17H15Br2ClFN5O/c1-10(6-25-7-11(18)5-22-25)17(27)23-16-13(19)9-26(24-16)8-12-14(20)3-2-4-15(12)21/h2-5,7,9-10H,6,8H2,1H3,(H,23,24,27).